The highest BCUT2D eigenvalue weighted by Crippen LogP contribution is 2.39. The fraction of sp³-hybridized carbons (Fsp3) is 0.432. The van der Waals surface area contributed by atoms with E-state index in [-0.39, 0.29) is 24.3 Å². The molecule has 2 fully saturated rings. The molecule has 2 aliphatic rings. The third-order valence-corrected chi connectivity index (χ3v) is 9.22. The van der Waals surface area contributed by atoms with Gasteiger partial charge in [0.15, 0.2) is 0 Å². The lowest BCUT2D eigenvalue weighted by Gasteiger charge is -2.43. The number of carbonyl (C=O) groups is 3. The minimum absolute atomic E-state index is 0.00497. The fourth-order valence-electron chi connectivity index (χ4n) is 6.63. The maximum atomic E-state index is 14.1. The van der Waals surface area contributed by atoms with Crippen LogP contribution in [-0.2, 0) is 22.4 Å². The Morgan fingerprint density at radius 3 is 2.29 bits per heavy atom. The number of likely N-dealkylation sites (tertiary alicyclic amines) is 1. The number of ether oxygens (including phenoxy) is 1. The number of nitrogens with zero attached hydrogens (tertiary/aromatic N) is 3. The van der Waals surface area contributed by atoms with Gasteiger partial charge in [0.2, 0.25) is 5.91 Å². The second kappa shape index (κ2) is 15.1. The Morgan fingerprint density at radius 2 is 1.58 bits per heavy atom. The maximum Gasteiger partial charge on any atom is 0.253 e. The van der Waals surface area contributed by atoms with Crippen molar-refractivity contribution >= 4 is 23.4 Å². The number of hydrogen-bond donors (Lipinski definition) is 1. The van der Waals surface area contributed by atoms with E-state index in [1.807, 2.05) is 71.6 Å². The van der Waals surface area contributed by atoms with E-state index >= 15 is 0 Å². The Balaban J connectivity index is 1.21. The standard InChI is InChI=1S/C37H46N4O4/c1-3-4-5-7-12-29-17-19-31(20-18-29)35(43)39-25-22-37(23-26-39)36(44)40(28-41(37)32-14-8-6-9-15-32)27-34(42)38-24-21-30-13-10-11-16-33(30)45-2/h6,8-11,13-20H,3-5,7,12,21-28H2,1-2H3,(H,38,42). The first kappa shape index (κ1) is 32.1. The van der Waals surface area contributed by atoms with Gasteiger partial charge in [0, 0.05) is 30.9 Å². The summed E-state index contributed by atoms with van der Waals surface area (Å²) >= 11 is 0. The highest BCUT2D eigenvalue weighted by molar-refractivity contribution is 5.97. The fourth-order valence-corrected chi connectivity index (χ4v) is 6.63. The van der Waals surface area contributed by atoms with E-state index in [1.54, 1.807) is 12.0 Å². The monoisotopic (exact) mass is 610 g/mol. The molecule has 3 aromatic carbocycles. The number of methoxy groups -OCH3 is 1. The average Bonchev–Trinajstić information content (AvgIpc) is 3.33. The molecule has 0 unspecified atom stereocenters. The van der Waals surface area contributed by atoms with Crippen LogP contribution in [0, 0.1) is 0 Å². The second-order valence-electron chi connectivity index (χ2n) is 12.2. The smallest absolute Gasteiger partial charge is 0.253 e. The van der Waals surface area contributed by atoms with Gasteiger partial charge in [0.1, 0.15) is 17.8 Å². The van der Waals surface area contributed by atoms with E-state index < -0.39 is 5.54 Å². The van der Waals surface area contributed by atoms with Crippen LogP contribution in [0.2, 0.25) is 0 Å². The Labute approximate surface area is 267 Å². The largest absolute Gasteiger partial charge is 0.496 e. The van der Waals surface area contributed by atoms with E-state index in [9.17, 15) is 14.4 Å². The van der Waals surface area contributed by atoms with Crippen LogP contribution in [0.15, 0.2) is 78.9 Å². The zero-order valence-electron chi connectivity index (χ0n) is 26.7. The summed E-state index contributed by atoms with van der Waals surface area (Å²) in [4.78, 5) is 46.2. The molecule has 2 heterocycles. The Bertz CT molecular complexity index is 1430. The van der Waals surface area contributed by atoms with Gasteiger partial charge in [-0.05, 0) is 73.6 Å². The van der Waals surface area contributed by atoms with Gasteiger partial charge in [0.25, 0.3) is 11.8 Å². The van der Waals surface area contributed by atoms with Crippen molar-refractivity contribution in [3.05, 3.63) is 95.6 Å². The van der Waals surface area contributed by atoms with E-state index in [4.69, 9.17) is 4.74 Å². The van der Waals surface area contributed by atoms with Gasteiger partial charge in [-0.15, -0.1) is 0 Å². The Kier molecular flexibility index (Phi) is 10.8. The summed E-state index contributed by atoms with van der Waals surface area (Å²) in [5, 5.41) is 2.98. The molecule has 0 aliphatic carbocycles. The topological polar surface area (TPSA) is 82.2 Å². The minimum Gasteiger partial charge on any atom is -0.496 e. The number of unbranched alkanes of at least 4 members (excludes halogenated alkanes) is 3. The highest BCUT2D eigenvalue weighted by Gasteiger charge is 2.54. The minimum atomic E-state index is -0.793. The van der Waals surface area contributed by atoms with Crippen LogP contribution in [0.4, 0.5) is 5.69 Å². The summed E-state index contributed by atoms with van der Waals surface area (Å²) in [6.07, 6.45) is 7.57. The number of carbonyl (C=O) groups excluding carboxylic acids is 3. The molecule has 5 rings (SSSR count). The molecule has 8 nitrogen and oxygen atoms in total. The number of piperidine rings is 1. The average molecular weight is 611 g/mol. The van der Waals surface area contributed by atoms with Crippen LogP contribution >= 0.6 is 0 Å². The first-order valence-corrected chi connectivity index (χ1v) is 16.3. The molecular weight excluding hydrogens is 564 g/mol. The molecule has 0 aromatic heterocycles. The SMILES string of the molecule is CCCCCCc1ccc(C(=O)N2CCC3(CC2)C(=O)N(CC(=O)NCCc2ccccc2OC)CN3c2ccccc2)cc1. The van der Waals surface area contributed by atoms with Gasteiger partial charge in [-0.3, -0.25) is 14.4 Å². The van der Waals surface area contributed by atoms with Gasteiger partial charge < -0.3 is 24.8 Å². The van der Waals surface area contributed by atoms with E-state index in [0.29, 0.717) is 51.1 Å². The predicted molar refractivity (Wildman–Crippen MR) is 177 cm³/mol. The number of nitrogens with one attached hydrogen (secondary N) is 1. The summed E-state index contributed by atoms with van der Waals surface area (Å²) in [6.45, 7) is 3.94. The van der Waals surface area contributed by atoms with Crippen LogP contribution in [0.25, 0.3) is 0 Å². The normalized spacial score (nSPS) is 15.9. The molecule has 0 atom stereocenters. The molecule has 0 saturated carbocycles. The van der Waals surface area contributed by atoms with Crippen molar-refractivity contribution in [1.82, 2.24) is 15.1 Å². The summed E-state index contributed by atoms with van der Waals surface area (Å²) < 4.78 is 5.42. The molecule has 1 N–H and O–H groups in total. The lowest BCUT2D eigenvalue weighted by atomic mass is 9.85. The quantitative estimate of drug-likeness (QED) is 0.260. The van der Waals surface area contributed by atoms with Gasteiger partial charge in [-0.1, -0.05) is 74.7 Å². The molecule has 3 aromatic rings. The van der Waals surface area contributed by atoms with Crippen molar-refractivity contribution in [3.8, 4) is 5.75 Å². The summed E-state index contributed by atoms with van der Waals surface area (Å²) in [5.74, 6) is 0.558. The Hall–Kier alpha value is -4.33. The van der Waals surface area contributed by atoms with Crippen LogP contribution in [0.5, 0.6) is 5.75 Å². The van der Waals surface area contributed by atoms with Gasteiger partial charge in [-0.2, -0.15) is 0 Å². The van der Waals surface area contributed by atoms with Crippen molar-refractivity contribution in [2.45, 2.75) is 63.8 Å². The van der Waals surface area contributed by atoms with Crippen LogP contribution in [-0.4, -0.2) is 73.0 Å². The molecular formula is C37H46N4O4. The van der Waals surface area contributed by atoms with Gasteiger partial charge >= 0.3 is 0 Å². The van der Waals surface area contributed by atoms with Gasteiger partial charge in [-0.25, -0.2) is 0 Å². The number of benzene rings is 3. The van der Waals surface area contributed by atoms with Crippen molar-refractivity contribution in [2.24, 2.45) is 0 Å². The summed E-state index contributed by atoms with van der Waals surface area (Å²) in [5.41, 5.74) is 3.12. The predicted octanol–water partition coefficient (Wildman–Crippen LogP) is 5.46. The Morgan fingerprint density at radius 1 is 0.867 bits per heavy atom. The molecule has 238 valence electrons. The number of anilines is 1. The number of para-hydroxylation sites is 2. The number of hydrogen-bond acceptors (Lipinski definition) is 5. The molecule has 0 radical (unpaired) electrons. The van der Waals surface area contributed by atoms with Crippen molar-refractivity contribution in [1.29, 1.82) is 0 Å². The van der Waals surface area contributed by atoms with Crippen molar-refractivity contribution < 1.29 is 19.1 Å². The maximum absolute atomic E-state index is 14.1. The van der Waals surface area contributed by atoms with Crippen molar-refractivity contribution in [3.63, 3.8) is 0 Å². The molecule has 3 amide bonds. The second-order valence-corrected chi connectivity index (χ2v) is 12.2. The zero-order chi connectivity index (χ0) is 31.6. The molecule has 8 heteroatoms. The molecule has 1 spiro atoms. The first-order chi connectivity index (χ1) is 21.9. The molecule has 0 bridgehead atoms. The number of amides is 3. The third kappa shape index (κ3) is 7.49. The molecule has 2 aliphatic heterocycles. The van der Waals surface area contributed by atoms with Crippen molar-refractivity contribution in [2.75, 3.05) is 44.9 Å². The first-order valence-electron chi connectivity index (χ1n) is 16.3. The summed E-state index contributed by atoms with van der Waals surface area (Å²) in [6, 6.07) is 25.7. The lowest BCUT2D eigenvalue weighted by molar-refractivity contribution is -0.137. The van der Waals surface area contributed by atoms with Crippen LogP contribution < -0.4 is 15.0 Å². The zero-order valence-corrected chi connectivity index (χ0v) is 26.7. The number of rotatable bonds is 13. The van der Waals surface area contributed by atoms with Crippen LogP contribution in [0.3, 0.4) is 0 Å². The third-order valence-electron chi connectivity index (χ3n) is 9.22. The molecule has 45 heavy (non-hydrogen) atoms. The summed E-state index contributed by atoms with van der Waals surface area (Å²) in [7, 11) is 1.64. The number of aryl methyl sites for hydroxylation is 1. The van der Waals surface area contributed by atoms with E-state index in [0.717, 1.165) is 23.4 Å². The molecule has 2 saturated heterocycles. The lowest BCUT2D eigenvalue weighted by Crippen LogP contribution is -2.57. The van der Waals surface area contributed by atoms with Crippen LogP contribution in [0.1, 0.15) is 66.9 Å². The van der Waals surface area contributed by atoms with E-state index in [1.165, 1.54) is 31.2 Å². The highest BCUT2D eigenvalue weighted by atomic mass is 16.5. The van der Waals surface area contributed by atoms with Gasteiger partial charge in [0.05, 0.1) is 13.8 Å². The van der Waals surface area contributed by atoms with E-state index in [2.05, 4.69) is 29.3 Å².